The predicted molar refractivity (Wildman–Crippen MR) is 89.4 cm³/mol. The molecule has 120 valence electrons. The van der Waals surface area contributed by atoms with Crippen molar-refractivity contribution < 1.29 is 4.79 Å². The van der Waals surface area contributed by atoms with Gasteiger partial charge in [-0.1, -0.05) is 30.3 Å². The van der Waals surface area contributed by atoms with E-state index < -0.39 is 5.91 Å². The topological polar surface area (TPSA) is 86.7 Å². The van der Waals surface area contributed by atoms with Crippen molar-refractivity contribution in [3.8, 4) is 11.4 Å². The molecule has 2 N–H and O–H groups in total. The van der Waals surface area contributed by atoms with Crippen molar-refractivity contribution in [1.29, 1.82) is 0 Å². The molecule has 1 aliphatic rings. The van der Waals surface area contributed by atoms with Crippen molar-refractivity contribution in [2.45, 2.75) is 25.8 Å². The molecular weight excluding hydrogens is 302 g/mol. The summed E-state index contributed by atoms with van der Waals surface area (Å²) in [5, 5.41) is 4.55. The van der Waals surface area contributed by atoms with Crippen LogP contribution in [0.15, 0.2) is 42.9 Å². The van der Waals surface area contributed by atoms with E-state index in [9.17, 15) is 4.79 Å². The first-order valence-electron chi connectivity index (χ1n) is 7.92. The van der Waals surface area contributed by atoms with Gasteiger partial charge in [0.05, 0.1) is 17.4 Å². The van der Waals surface area contributed by atoms with Crippen LogP contribution in [-0.2, 0) is 12.8 Å². The van der Waals surface area contributed by atoms with Crippen LogP contribution in [0.3, 0.4) is 0 Å². The van der Waals surface area contributed by atoms with Gasteiger partial charge in [0.15, 0.2) is 5.69 Å². The summed E-state index contributed by atoms with van der Waals surface area (Å²) in [6.45, 7) is 2.06. The van der Waals surface area contributed by atoms with Crippen molar-refractivity contribution in [2.24, 2.45) is 5.73 Å². The van der Waals surface area contributed by atoms with Crippen molar-refractivity contribution in [2.75, 3.05) is 0 Å². The summed E-state index contributed by atoms with van der Waals surface area (Å²) in [7, 11) is 0. The van der Waals surface area contributed by atoms with Crippen LogP contribution in [0.5, 0.6) is 0 Å². The number of nitrogens with two attached hydrogens (primary N) is 1. The Bertz CT molecular complexity index is 916. The summed E-state index contributed by atoms with van der Waals surface area (Å²) >= 11 is 0. The number of hydrogen-bond donors (Lipinski definition) is 1. The van der Waals surface area contributed by atoms with Gasteiger partial charge in [0, 0.05) is 11.8 Å². The largest absolute Gasteiger partial charge is 0.364 e. The van der Waals surface area contributed by atoms with Crippen LogP contribution >= 0.6 is 0 Å². The van der Waals surface area contributed by atoms with Crippen LogP contribution in [0.2, 0.25) is 0 Å². The zero-order valence-electron chi connectivity index (χ0n) is 13.3. The molecule has 3 aromatic rings. The summed E-state index contributed by atoms with van der Waals surface area (Å²) in [4.78, 5) is 20.4. The van der Waals surface area contributed by atoms with E-state index in [-0.39, 0.29) is 6.04 Å². The molecule has 0 bridgehead atoms. The Balaban J connectivity index is 1.95. The molecule has 0 unspecified atom stereocenters. The number of fused-ring (bicyclic) bond motifs is 3. The number of aryl methyl sites for hydroxylation is 1. The molecular formula is C18H17N5O. The number of nitrogens with zero attached hydrogens (tertiary/aromatic N) is 4. The van der Waals surface area contributed by atoms with E-state index in [1.165, 1.54) is 6.33 Å². The predicted octanol–water partition coefficient (Wildman–Crippen LogP) is 2.15. The maximum atomic E-state index is 11.9. The molecule has 0 aliphatic heterocycles. The van der Waals surface area contributed by atoms with Crippen LogP contribution in [0.1, 0.15) is 40.1 Å². The van der Waals surface area contributed by atoms with Crippen molar-refractivity contribution in [3.05, 3.63) is 65.2 Å². The van der Waals surface area contributed by atoms with E-state index in [1.54, 1.807) is 0 Å². The van der Waals surface area contributed by atoms with Gasteiger partial charge in [-0.05, 0) is 30.9 Å². The minimum Gasteiger partial charge on any atom is -0.364 e. The van der Waals surface area contributed by atoms with Gasteiger partial charge in [-0.3, -0.25) is 9.48 Å². The first kappa shape index (κ1) is 14.6. The van der Waals surface area contributed by atoms with Crippen molar-refractivity contribution in [3.63, 3.8) is 0 Å². The lowest BCUT2D eigenvalue weighted by atomic mass is 9.93. The molecule has 6 heteroatoms. The molecule has 1 aromatic carbocycles. The van der Waals surface area contributed by atoms with Crippen molar-refractivity contribution in [1.82, 2.24) is 19.7 Å². The summed E-state index contributed by atoms with van der Waals surface area (Å²) < 4.78 is 1.87. The Kier molecular flexibility index (Phi) is 3.37. The number of hydrogen-bond acceptors (Lipinski definition) is 4. The molecule has 0 saturated heterocycles. The minimum absolute atomic E-state index is 0.0334. The zero-order valence-corrected chi connectivity index (χ0v) is 13.3. The van der Waals surface area contributed by atoms with Crippen LogP contribution in [-0.4, -0.2) is 25.7 Å². The van der Waals surface area contributed by atoms with Gasteiger partial charge in [-0.25, -0.2) is 9.97 Å². The number of aromatic nitrogens is 4. The Morgan fingerprint density at radius 3 is 2.79 bits per heavy atom. The molecule has 1 atom stereocenters. The van der Waals surface area contributed by atoms with E-state index in [0.717, 1.165) is 40.9 Å². The van der Waals surface area contributed by atoms with E-state index >= 15 is 0 Å². The molecule has 24 heavy (non-hydrogen) atoms. The highest BCUT2D eigenvalue weighted by Crippen LogP contribution is 2.36. The highest BCUT2D eigenvalue weighted by molar-refractivity contribution is 5.94. The van der Waals surface area contributed by atoms with E-state index in [0.29, 0.717) is 5.69 Å². The quantitative estimate of drug-likeness (QED) is 0.801. The van der Waals surface area contributed by atoms with Crippen LogP contribution in [0.4, 0.5) is 0 Å². The molecule has 2 aromatic heterocycles. The smallest absolute Gasteiger partial charge is 0.269 e. The second-order valence-corrected chi connectivity index (χ2v) is 5.97. The molecule has 4 rings (SSSR count). The molecule has 6 nitrogen and oxygen atoms in total. The lowest BCUT2D eigenvalue weighted by molar-refractivity contribution is 0.0993. The van der Waals surface area contributed by atoms with Gasteiger partial charge < -0.3 is 5.73 Å². The second-order valence-electron chi connectivity index (χ2n) is 5.97. The van der Waals surface area contributed by atoms with Gasteiger partial charge >= 0.3 is 0 Å². The fourth-order valence-corrected chi connectivity index (χ4v) is 3.32. The molecule has 1 aliphatic carbocycles. The number of rotatable bonds is 3. The fraction of sp³-hybridized carbons (Fsp3) is 0.222. The summed E-state index contributed by atoms with van der Waals surface area (Å²) in [5.74, 6) is -0.497. The first-order chi connectivity index (χ1) is 11.7. The van der Waals surface area contributed by atoms with Crippen LogP contribution in [0.25, 0.3) is 11.4 Å². The Hall–Kier alpha value is -3.02. The van der Waals surface area contributed by atoms with Crippen LogP contribution < -0.4 is 5.73 Å². The first-order valence-corrected chi connectivity index (χ1v) is 7.92. The normalized spacial score (nSPS) is 13.9. The number of amides is 1. The van der Waals surface area contributed by atoms with E-state index in [2.05, 4.69) is 22.0 Å². The van der Waals surface area contributed by atoms with E-state index in [4.69, 9.17) is 5.73 Å². The lowest BCUT2D eigenvalue weighted by Gasteiger charge is -2.20. The fourth-order valence-electron chi connectivity index (χ4n) is 3.32. The van der Waals surface area contributed by atoms with Gasteiger partial charge in [0.25, 0.3) is 5.91 Å². The Morgan fingerprint density at radius 2 is 2.04 bits per heavy atom. The highest BCUT2D eigenvalue weighted by atomic mass is 16.1. The van der Waals surface area contributed by atoms with Gasteiger partial charge in [-0.15, -0.1) is 0 Å². The van der Waals surface area contributed by atoms with Gasteiger partial charge in [0.2, 0.25) is 0 Å². The Morgan fingerprint density at radius 1 is 1.25 bits per heavy atom. The third-order valence-corrected chi connectivity index (χ3v) is 4.55. The molecule has 0 spiro atoms. The molecule has 0 fully saturated rings. The minimum atomic E-state index is -0.497. The second kappa shape index (κ2) is 5.56. The SMILES string of the molecule is C[C@H](c1ccccc1)n1nc(C(N)=O)c2c1-c1ncncc1CC2. The number of primary amides is 1. The summed E-state index contributed by atoms with van der Waals surface area (Å²) in [6, 6.07) is 10.0. The molecule has 2 heterocycles. The Labute approximate surface area is 139 Å². The number of carbonyl (C=O) groups is 1. The molecule has 1 amide bonds. The third-order valence-electron chi connectivity index (χ3n) is 4.55. The summed E-state index contributed by atoms with van der Waals surface area (Å²) in [6.07, 6.45) is 4.87. The highest BCUT2D eigenvalue weighted by Gasteiger charge is 2.30. The number of benzene rings is 1. The maximum absolute atomic E-state index is 11.9. The number of carbonyl (C=O) groups excluding carboxylic acids is 1. The molecule has 0 radical (unpaired) electrons. The maximum Gasteiger partial charge on any atom is 0.269 e. The average molecular weight is 319 g/mol. The van der Waals surface area contributed by atoms with E-state index in [1.807, 2.05) is 41.2 Å². The summed E-state index contributed by atoms with van der Waals surface area (Å²) in [5.41, 5.74) is 10.7. The standard InChI is InChI=1S/C18H17N5O/c1-11(12-5-3-2-4-6-12)23-17-14(16(22-23)18(19)24)8-7-13-9-20-10-21-15(13)17/h2-6,9-11H,7-8H2,1H3,(H2,19,24)/t11-/m1/s1. The van der Waals surface area contributed by atoms with Gasteiger partial charge in [-0.2, -0.15) is 5.10 Å². The molecule has 0 saturated carbocycles. The van der Waals surface area contributed by atoms with Gasteiger partial charge in [0.1, 0.15) is 6.33 Å². The zero-order chi connectivity index (χ0) is 16.7. The third kappa shape index (κ3) is 2.19. The lowest BCUT2D eigenvalue weighted by Crippen LogP contribution is -2.15. The van der Waals surface area contributed by atoms with Crippen LogP contribution in [0, 0.1) is 0 Å². The van der Waals surface area contributed by atoms with Crippen molar-refractivity contribution >= 4 is 5.91 Å². The monoisotopic (exact) mass is 319 g/mol. The average Bonchev–Trinajstić information content (AvgIpc) is 3.02.